The van der Waals surface area contributed by atoms with Crippen LogP contribution in [0.4, 0.5) is 8.78 Å². The Labute approximate surface area is 186 Å². The van der Waals surface area contributed by atoms with Gasteiger partial charge in [-0.15, -0.1) is 0 Å². The fraction of sp³-hybridized carbons (Fsp3) is 0.240. The number of halogens is 2. The summed E-state index contributed by atoms with van der Waals surface area (Å²) in [6, 6.07) is 16.0. The Balaban J connectivity index is 1.75. The minimum absolute atomic E-state index is 0.0764. The number of methoxy groups -OCH3 is 1. The summed E-state index contributed by atoms with van der Waals surface area (Å²) in [5.41, 5.74) is 8.40. The van der Waals surface area contributed by atoms with E-state index in [4.69, 9.17) is 15.2 Å². The third kappa shape index (κ3) is 5.82. The van der Waals surface area contributed by atoms with E-state index in [9.17, 15) is 13.6 Å². The Morgan fingerprint density at radius 1 is 1.03 bits per heavy atom. The number of carbonyl (C=O) groups excluding carboxylic acids is 1. The van der Waals surface area contributed by atoms with Gasteiger partial charge in [0, 0.05) is 36.8 Å². The number of carbonyl (C=O) groups is 1. The zero-order valence-electron chi connectivity index (χ0n) is 18.1. The second-order valence-electron chi connectivity index (χ2n) is 7.39. The van der Waals surface area contributed by atoms with Crippen molar-refractivity contribution in [1.29, 1.82) is 0 Å². The molecule has 5 nitrogen and oxygen atoms in total. The molecule has 168 valence electrons. The highest BCUT2D eigenvalue weighted by molar-refractivity contribution is 5.94. The number of nitrogens with zero attached hydrogens (tertiary/aromatic N) is 1. The van der Waals surface area contributed by atoms with E-state index in [1.165, 1.54) is 19.2 Å². The lowest BCUT2D eigenvalue weighted by atomic mass is 10.1. The molecule has 7 heteroatoms. The van der Waals surface area contributed by atoms with Gasteiger partial charge in [0.1, 0.15) is 18.2 Å². The van der Waals surface area contributed by atoms with Crippen molar-refractivity contribution in [2.45, 2.75) is 20.1 Å². The number of aryl methyl sites for hydroxylation is 1. The number of nitrogens with two attached hydrogens (primary N) is 1. The molecule has 0 unspecified atom stereocenters. The smallest absolute Gasteiger partial charge is 0.254 e. The molecule has 0 saturated carbocycles. The predicted molar refractivity (Wildman–Crippen MR) is 119 cm³/mol. The van der Waals surface area contributed by atoms with Gasteiger partial charge in [-0.1, -0.05) is 23.8 Å². The topological polar surface area (TPSA) is 64.8 Å². The molecule has 1 amide bonds. The molecule has 0 saturated heterocycles. The van der Waals surface area contributed by atoms with Crippen LogP contribution in [0.25, 0.3) is 0 Å². The summed E-state index contributed by atoms with van der Waals surface area (Å²) in [6.07, 6.45) is 0. The van der Waals surface area contributed by atoms with E-state index >= 15 is 0 Å². The lowest BCUT2D eigenvalue weighted by molar-refractivity contribution is 0.0748. The number of benzene rings is 3. The highest BCUT2D eigenvalue weighted by Gasteiger charge is 2.17. The molecule has 2 N–H and O–H groups in total. The first-order valence-electron chi connectivity index (χ1n) is 10.2. The first-order chi connectivity index (χ1) is 15.4. The van der Waals surface area contributed by atoms with E-state index in [2.05, 4.69) is 0 Å². The number of ether oxygens (including phenoxy) is 2. The van der Waals surface area contributed by atoms with E-state index in [1.54, 1.807) is 23.1 Å². The summed E-state index contributed by atoms with van der Waals surface area (Å²) >= 11 is 0. The van der Waals surface area contributed by atoms with Gasteiger partial charge in [-0.05, 0) is 48.9 Å². The number of rotatable bonds is 9. The fourth-order valence-electron chi connectivity index (χ4n) is 3.31. The van der Waals surface area contributed by atoms with Crippen molar-refractivity contribution in [2.75, 3.05) is 20.2 Å². The zero-order valence-corrected chi connectivity index (χ0v) is 18.1. The van der Waals surface area contributed by atoms with Crippen molar-refractivity contribution >= 4 is 5.91 Å². The number of amides is 1. The molecular weight excluding hydrogens is 414 g/mol. The highest BCUT2D eigenvalue weighted by atomic mass is 19.1. The van der Waals surface area contributed by atoms with Crippen LogP contribution in [-0.4, -0.2) is 31.0 Å². The molecule has 0 aliphatic carbocycles. The van der Waals surface area contributed by atoms with Crippen LogP contribution in [0, 0.1) is 18.6 Å². The van der Waals surface area contributed by atoms with Gasteiger partial charge in [0.05, 0.1) is 7.11 Å². The molecule has 0 radical (unpaired) electrons. The summed E-state index contributed by atoms with van der Waals surface area (Å²) in [5, 5.41) is 0. The summed E-state index contributed by atoms with van der Waals surface area (Å²) in [7, 11) is 1.50. The molecule has 0 fully saturated rings. The fourth-order valence-corrected chi connectivity index (χ4v) is 3.31. The van der Waals surface area contributed by atoms with Crippen LogP contribution in [0.2, 0.25) is 0 Å². The quantitative estimate of drug-likeness (QED) is 0.534. The second kappa shape index (κ2) is 10.7. The van der Waals surface area contributed by atoms with Crippen molar-refractivity contribution in [3.05, 3.63) is 94.6 Å². The Bertz CT molecular complexity index is 1090. The van der Waals surface area contributed by atoms with E-state index in [0.29, 0.717) is 36.7 Å². The molecule has 0 aromatic heterocycles. The second-order valence-corrected chi connectivity index (χ2v) is 7.39. The van der Waals surface area contributed by atoms with E-state index in [1.807, 2.05) is 31.2 Å². The molecule has 0 spiro atoms. The molecule has 3 aromatic carbocycles. The molecule has 0 aliphatic heterocycles. The van der Waals surface area contributed by atoms with Crippen LogP contribution in [-0.2, 0) is 13.2 Å². The summed E-state index contributed by atoms with van der Waals surface area (Å²) in [5.74, 6) is -0.565. The minimum Gasteiger partial charge on any atom is -0.493 e. The summed E-state index contributed by atoms with van der Waals surface area (Å²) < 4.78 is 38.0. The van der Waals surface area contributed by atoms with Gasteiger partial charge < -0.3 is 20.1 Å². The molecule has 3 aromatic rings. The summed E-state index contributed by atoms with van der Waals surface area (Å²) in [6.45, 7) is 2.93. The van der Waals surface area contributed by atoms with Gasteiger partial charge in [0.25, 0.3) is 5.91 Å². The minimum atomic E-state index is -0.673. The lowest BCUT2D eigenvalue weighted by Crippen LogP contribution is -2.34. The van der Waals surface area contributed by atoms with Crippen LogP contribution >= 0.6 is 0 Å². The first-order valence-corrected chi connectivity index (χ1v) is 10.2. The van der Waals surface area contributed by atoms with Crippen LogP contribution in [0.5, 0.6) is 11.5 Å². The van der Waals surface area contributed by atoms with Crippen molar-refractivity contribution in [2.24, 2.45) is 5.73 Å². The van der Waals surface area contributed by atoms with E-state index in [-0.39, 0.29) is 18.1 Å². The Morgan fingerprint density at radius 3 is 2.53 bits per heavy atom. The SMILES string of the molecule is COc1cc(CN(CCN)C(=O)c2cccc(C)c2)ccc1OCc1ccc(F)cc1F. The molecule has 0 aliphatic rings. The monoisotopic (exact) mass is 440 g/mol. The maximum Gasteiger partial charge on any atom is 0.254 e. The molecule has 0 heterocycles. The first kappa shape index (κ1) is 23.2. The third-order valence-electron chi connectivity index (χ3n) is 4.95. The average Bonchev–Trinajstić information content (AvgIpc) is 2.78. The van der Waals surface area contributed by atoms with Gasteiger partial charge in [-0.3, -0.25) is 4.79 Å². The lowest BCUT2D eigenvalue weighted by Gasteiger charge is -2.23. The maximum atomic E-state index is 13.9. The maximum absolute atomic E-state index is 13.9. The van der Waals surface area contributed by atoms with Crippen LogP contribution in [0.1, 0.15) is 27.0 Å². The Hall–Kier alpha value is -3.45. The average molecular weight is 440 g/mol. The van der Waals surface area contributed by atoms with Gasteiger partial charge in [-0.25, -0.2) is 8.78 Å². The van der Waals surface area contributed by atoms with Crippen molar-refractivity contribution in [3.8, 4) is 11.5 Å². The van der Waals surface area contributed by atoms with Crippen molar-refractivity contribution in [1.82, 2.24) is 4.90 Å². The predicted octanol–water partition coefficient (Wildman–Crippen LogP) is 4.46. The number of hydrogen-bond acceptors (Lipinski definition) is 4. The zero-order chi connectivity index (χ0) is 23.1. The van der Waals surface area contributed by atoms with Crippen molar-refractivity contribution < 1.29 is 23.0 Å². The van der Waals surface area contributed by atoms with Gasteiger partial charge >= 0.3 is 0 Å². The summed E-state index contributed by atoms with van der Waals surface area (Å²) in [4.78, 5) is 14.7. The van der Waals surface area contributed by atoms with Crippen LogP contribution < -0.4 is 15.2 Å². The Kier molecular flexibility index (Phi) is 7.78. The van der Waals surface area contributed by atoms with E-state index in [0.717, 1.165) is 17.2 Å². The highest BCUT2D eigenvalue weighted by Crippen LogP contribution is 2.30. The molecule has 0 atom stereocenters. The standard InChI is InChI=1S/C25H26F2N2O3/c1-17-4-3-5-19(12-17)25(30)29(11-10-28)15-18-6-9-23(24(13-18)31-2)32-16-20-7-8-21(26)14-22(20)27/h3-9,12-14H,10-11,15-16,28H2,1-2H3. The van der Waals surface area contributed by atoms with Crippen molar-refractivity contribution in [3.63, 3.8) is 0 Å². The van der Waals surface area contributed by atoms with Gasteiger partial charge in [0.15, 0.2) is 11.5 Å². The van der Waals surface area contributed by atoms with Gasteiger partial charge in [-0.2, -0.15) is 0 Å². The third-order valence-corrected chi connectivity index (χ3v) is 4.95. The molecule has 32 heavy (non-hydrogen) atoms. The van der Waals surface area contributed by atoms with Crippen LogP contribution in [0.3, 0.4) is 0 Å². The molecule has 0 bridgehead atoms. The molecular formula is C25H26F2N2O3. The largest absolute Gasteiger partial charge is 0.493 e. The normalized spacial score (nSPS) is 10.7. The van der Waals surface area contributed by atoms with Crippen LogP contribution in [0.15, 0.2) is 60.7 Å². The molecule has 3 rings (SSSR count). The Morgan fingerprint density at radius 2 is 1.84 bits per heavy atom. The van der Waals surface area contributed by atoms with E-state index < -0.39 is 11.6 Å². The number of hydrogen-bond donors (Lipinski definition) is 1. The van der Waals surface area contributed by atoms with Gasteiger partial charge in [0.2, 0.25) is 0 Å².